The minimum absolute atomic E-state index is 0.326. The fourth-order valence-electron chi connectivity index (χ4n) is 3.20. The van der Waals surface area contributed by atoms with Crippen LogP contribution in [0.1, 0.15) is 38.5 Å². The van der Waals surface area contributed by atoms with E-state index in [2.05, 4.69) is 47.9 Å². The van der Waals surface area contributed by atoms with Crippen molar-refractivity contribution in [3.63, 3.8) is 0 Å². The number of hydrogen-bond acceptors (Lipinski definition) is 3. The molecule has 0 bridgehead atoms. The molecule has 0 heterocycles. The van der Waals surface area contributed by atoms with Crippen LogP contribution in [0.3, 0.4) is 0 Å². The predicted molar refractivity (Wildman–Crippen MR) is 88.3 cm³/mol. The summed E-state index contributed by atoms with van der Waals surface area (Å²) in [5.74, 6) is 0.947. The zero-order valence-corrected chi connectivity index (χ0v) is 13.0. The van der Waals surface area contributed by atoms with Crippen LogP contribution in [0.5, 0.6) is 0 Å². The molecule has 1 aliphatic carbocycles. The van der Waals surface area contributed by atoms with E-state index in [0.29, 0.717) is 11.8 Å². The number of hydrogen-bond donors (Lipinski definition) is 1. The lowest BCUT2D eigenvalue weighted by molar-refractivity contribution is 0.228. The molecule has 3 heteroatoms. The normalized spacial score (nSPS) is 17.4. The van der Waals surface area contributed by atoms with Crippen molar-refractivity contribution in [1.82, 2.24) is 0 Å². The zero-order valence-electron chi connectivity index (χ0n) is 12.1. The molecule has 1 saturated carbocycles. The third-order valence-corrected chi connectivity index (χ3v) is 5.06. The lowest BCUT2D eigenvalue weighted by atomic mass is 9.75. The van der Waals surface area contributed by atoms with Gasteiger partial charge in [-0.3, -0.25) is 0 Å². The highest BCUT2D eigenvalue weighted by Crippen LogP contribution is 2.38. The van der Waals surface area contributed by atoms with Gasteiger partial charge in [0.05, 0.1) is 12.5 Å². The molecular weight excluding hydrogens is 264 g/mol. The smallest absolute Gasteiger partial charge is 0.0640 e. The molecule has 2 nitrogen and oxygen atoms in total. The summed E-state index contributed by atoms with van der Waals surface area (Å²) in [4.78, 5) is 2.38. The van der Waals surface area contributed by atoms with Crippen molar-refractivity contribution in [1.29, 1.82) is 5.26 Å². The Kier molecular flexibility index (Phi) is 5.79. The number of nitriles is 1. The second kappa shape index (κ2) is 7.59. The second-order valence-corrected chi connectivity index (χ2v) is 6.20. The van der Waals surface area contributed by atoms with Crippen LogP contribution < -0.4 is 4.90 Å². The summed E-state index contributed by atoms with van der Waals surface area (Å²) in [6.45, 7) is 1.85. The van der Waals surface area contributed by atoms with Crippen molar-refractivity contribution >= 4 is 18.3 Å². The summed E-state index contributed by atoms with van der Waals surface area (Å²) in [5, 5.41) is 8.90. The third kappa shape index (κ3) is 3.93. The Morgan fingerprint density at radius 2 is 1.85 bits per heavy atom. The van der Waals surface area contributed by atoms with E-state index in [4.69, 9.17) is 5.26 Å². The van der Waals surface area contributed by atoms with Gasteiger partial charge in [0.2, 0.25) is 0 Å². The van der Waals surface area contributed by atoms with Crippen LogP contribution in [0.25, 0.3) is 0 Å². The van der Waals surface area contributed by atoms with Crippen molar-refractivity contribution in [2.45, 2.75) is 38.5 Å². The molecule has 20 heavy (non-hydrogen) atoms. The van der Waals surface area contributed by atoms with E-state index in [1.807, 2.05) is 6.07 Å². The highest BCUT2D eigenvalue weighted by molar-refractivity contribution is 7.80. The molecule has 0 amide bonds. The van der Waals surface area contributed by atoms with E-state index in [1.165, 1.54) is 37.8 Å². The second-order valence-electron chi connectivity index (χ2n) is 5.88. The maximum atomic E-state index is 8.90. The van der Waals surface area contributed by atoms with Crippen molar-refractivity contribution in [2.75, 3.05) is 23.7 Å². The summed E-state index contributed by atoms with van der Waals surface area (Å²) in [6.07, 6.45) is 7.12. The first-order valence-corrected chi connectivity index (χ1v) is 8.21. The van der Waals surface area contributed by atoms with Gasteiger partial charge >= 0.3 is 0 Å². The number of para-hydroxylation sites is 1. The molecule has 0 saturated heterocycles. The monoisotopic (exact) mass is 288 g/mol. The lowest BCUT2D eigenvalue weighted by Crippen LogP contribution is -2.41. The Morgan fingerprint density at radius 1 is 1.15 bits per heavy atom. The quantitative estimate of drug-likeness (QED) is 0.791. The number of rotatable bonds is 6. The molecule has 1 fully saturated rings. The number of nitrogens with zero attached hydrogens (tertiary/aromatic N) is 2. The van der Waals surface area contributed by atoms with Gasteiger partial charge in [-0.05, 0) is 36.1 Å². The third-order valence-electron chi connectivity index (χ3n) is 4.39. The summed E-state index contributed by atoms with van der Waals surface area (Å²) in [7, 11) is 0. The Balaban J connectivity index is 2.12. The Morgan fingerprint density at radius 3 is 2.45 bits per heavy atom. The summed E-state index contributed by atoms with van der Waals surface area (Å²) >= 11 is 4.64. The van der Waals surface area contributed by atoms with Crippen LogP contribution in [-0.4, -0.2) is 18.8 Å². The first-order valence-electron chi connectivity index (χ1n) is 7.57. The first kappa shape index (κ1) is 15.3. The average molecular weight is 288 g/mol. The standard InChI is InChI=1S/C17H24N2S/c18-12-7-13-19(16-8-3-1-4-9-16)14-17(15-20)10-5-2-6-11-17/h1,3-4,8-9,20H,2,5-7,10-11,13-15H2. The van der Waals surface area contributed by atoms with E-state index in [0.717, 1.165) is 18.8 Å². The molecule has 0 aromatic heterocycles. The average Bonchev–Trinajstić information content (AvgIpc) is 2.53. The van der Waals surface area contributed by atoms with Gasteiger partial charge in [0.25, 0.3) is 0 Å². The first-order chi connectivity index (χ1) is 9.79. The molecule has 1 aromatic rings. The molecule has 1 aromatic carbocycles. The molecule has 0 N–H and O–H groups in total. The molecule has 0 atom stereocenters. The van der Waals surface area contributed by atoms with Gasteiger partial charge in [-0.1, -0.05) is 37.5 Å². The van der Waals surface area contributed by atoms with Gasteiger partial charge in [-0.15, -0.1) is 0 Å². The van der Waals surface area contributed by atoms with Crippen LogP contribution in [0.15, 0.2) is 30.3 Å². The van der Waals surface area contributed by atoms with E-state index < -0.39 is 0 Å². The summed E-state index contributed by atoms with van der Waals surface area (Å²) in [6, 6.07) is 12.8. The van der Waals surface area contributed by atoms with Crippen molar-refractivity contribution < 1.29 is 0 Å². The highest BCUT2D eigenvalue weighted by Gasteiger charge is 2.32. The van der Waals surface area contributed by atoms with E-state index >= 15 is 0 Å². The number of benzene rings is 1. The largest absolute Gasteiger partial charge is 0.370 e. The molecule has 108 valence electrons. The van der Waals surface area contributed by atoms with Crippen LogP contribution in [0.2, 0.25) is 0 Å². The molecule has 1 aliphatic rings. The van der Waals surface area contributed by atoms with Crippen molar-refractivity contribution in [2.24, 2.45) is 5.41 Å². The molecular formula is C17H24N2S. The maximum Gasteiger partial charge on any atom is 0.0640 e. The van der Waals surface area contributed by atoms with E-state index in [1.54, 1.807) is 0 Å². The van der Waals surface area contributed by atoms with Gasteiger partial charge in [-0.2, -0.15) is 17.9 Å². The topological polar surface area (TPSA) is 27.0 Å². The van der Waals surface area contributed by atoms with E-state index in [-0.39, 0.29) is 0 Å². The van der Waals surface area contributed by atoms with Crippen LogP contribution in [-0.2, 0) is 0 Å². The van der Waals surface area contributed by atoms with Crippen molar-refractivity contribution in [3.8, 4) is 6.07 Å². The van der Waals surface area contributed by atoms with E-state index in [9.17, 15) is 0 Å². The molecule has 0 radical (unpaired) electrons. The molecule has 0 unspecified atom stereocenters. The van der Waals surface area contributed by atoms with Gasteiger partial charge in [0.1, 0.15) is 0 Å². The van der Waals surface area contributed by atoms with Crippen LogP contribution >= 0.6 is 12.6 Å². The van der Waals surface area contributed by atoms with Gasteiger partial charge in [-0.25, -0.2) is 0 Å². The summed E-state index contributed by atoms with van der Waals surface area (Å²) < 4.78 is 0. The highest BCUT2D eigenvalue weighted by atomic mass is 32.1. The molecule has 0 spiro atoms. The maximum absolute atomic E-state index is 8.90. The molecule has 2 rings (SSSR count). The molecule has 0 aliphatic heterocycles. The Labute approximate surface area is 128 Å². The van der Waals surface area contributed by atoms with Crippen molar-refractivity contribution in [3.05, 3.63) is 30.3 Å². The van der Waals surface area contributed by atoms with Gasteiger partial charge in [0, 0.05) is 18.8 Å². The Bertz CT molecular complexity index is 432. The SMILES string of the molecule is N#CCCN(CC1(CS)CCCCC1)c1ccccc1. The van der Waals surface area contributed by atoms with Gasteiger partial charge < -0.3 is 4.90 Å². The number of anilines is 1. The van der Waals surface area contributed by atoms with Crippen LogP contribution in [0.4, 0.5) is 5.69 Å². The fraction of sp³-hybridized carbons (Fsp3) is 0.588. The lowest BCUT2D eigenvalue weighted by Gasteiger charge is -2.41. The fourth-order valence-corrected chi connectivity index (χ4v) is 3.61. The predicted octanol–water partition coefficient (Wildman–Crippen LogP) is 4.29. The van der Waals surface area contributed by atoms with Gasteiger partial charge in [0.15, 0.2) is 0 Å². The Hall–Kier alpha value is -1.14. The minimum Gasteiger partial charge on any atom is -0.370 e. The minimum atomic E-state index is 0.326. The number of thiol groups is 1. The summed E-state index contributed by atoms with van der Waals surface area (Å²) in [5.41, 5.74) is 1.56. The van der Waals surface area contributed by atoms with Crippen LogP contribution in [0, 0.1) is 16.7 Å². The zero-order chi connectivity index (χ0) is 14.3.